The number of hydrogen-bond donors (Lipinski definition) is 1. The summed E-state index contributed by atoms with van der Waals surface area (Å²) in [5, 5.41) is 8.80. The van der Waals surface area contributed by atoms with Gasteiger partial charge in [0.25, 0.3) is 5.56 Å². The lowest BCUT2D eigenvalue weighted by molar-refractivity contribution is 0.416. The fourth-order valence-corrected chi connectivity index (χ4v) is 2.01. The highest BCUT2D eigenvalue weighted by atomic mass is 16.5. The molecule has 2 rings (SSSR count). The molecular formula is C16H16N2O2. The number of aromatic nitrogens is 1. The van der Waals surface area contributed by atoms with E-state index in [1.165, 1.54) is 6.07 Å². The number of nitrogens with one attached hydrogen (secondary N) is 1. The molecule has 0 aliphatic rings. The van der Waals surface area contributed by atoms with Crippen molar-refractivity contribution in [2.24, 2.45) is 0 Å². The van der Waals surface area contributed by atoms with Gasteiger partial charge in [0.1, 0.15) is 17.4 Å². The third-order valence-corrected chi connectivity index (χ3v) is 3.21. The van der Waals surface area contributed by atoms with Crippen LogP contribution in [0.15, 0.2) is 35.1 Å². The van der Waals surface area contributed by atoms with E-state index in [1.54, 1.807) is 13.2 Å². The second-order valence-electron chi connectivity index (χ2n) is 4.84. The van der Waals surface area contributed by atoms with Crippen molar-refractivity contribution in [1.82, 2.24) is 4.98 Å². The third-order valence-electron chi connectivity index (χ3n) is 3.21. The molecule has 0 fully saturated rings. The van der Waals surface area contributed by atoms with Crippen LogP contribution in [0.25, 0.3) is 11.3 Å². The van der Waals surface area contributed by atoms with Crippen molar-refractivity contribution in [2.45, 2.75) is 19.8 Å². The summed E-state index contributed by atoms with van der Waals surface area (Å²) in [6, 6.07) is 11.0. The molecule has 2 aromatic rings. The highest BCUT2D eigenvalue weighted by molar-refractivity contribution is 5.68. The molecule has 0 radical (unpaired) electrons. The standard InChI is InChI=1S/C16H16N2O2/c1-10(2)11-5-7-15(20-3)13(8-11)14-6-4-12(9-17)16(19)18-14/h4-8,10H,1-3H3,(H,18,19). The van der Waals surface area contributed by atoms with Gasteiger partial charge in [-0.2, -0.15) is 5.26 Å². The van der Waals surface area contributed by atoms with Crippen LogP contribution in [0.4, 0.5) is 0 Å². The van der Waals surface area contributed by atoms with Gasteiger partial charge in [0.05, 0.1) is 12.8 Å². The lowest BCUT2D eigenvalue weighted by Crippen LogP contribution is -2.10. The summed E-state index contributed by atoms with van der Waals surface area (Å²) >= 11 is 0. The van der Waals surface area contributed by atoms with E-state index in [2.05, 4.69) is 18.8 Å². The van der Waals surface area contributed by atoms with Crippen molar-refractivity contribution in [3.8, 4) is 23.1 Å². The lowest BCUT2D eigenvalue weighted by atomic mass is 9.98. The molecule has 0 amide bonds. The molecule has 0 bridgehead atoms. The minimum Gasteiger partial charge on any atom is -0.496 e. The predicted octanol–water partition coefficient (Wildman–Crippen LogP) is 3.05. The first-order valence-corrected chi connectivity index (χ1v) is 6.38. The van der Waals surface area contributed by atoms with Crippen molar-refractivity contribution in [1.29, 1.82) is 5.26 Å². The Balaban J connectivity index is 2.61. The number of benzene rings is 1. The van der Waals surface area contributed by atoms with Gasteiger partial charge in [-0.3, -0.25) is 4.79 Å². The number of ether oxygens (including phenoxy) is 1. The fourth-order valence-electron chi connectivity index (χ4n) is 2.01. The Hall–Kier alpha value is -2.54. The van der Waals surface area contributed by atoms with Crippen LogP contribution in [0.2, 0.25) is 0 Å². The number of hydrogen-bond acceptors (Lipinski definition) is 3. The van der Waals surface area contributed by atoms with E-state index in [0.29, 0.717) is 17.4 Å². The zero-order chi connectivity index (χ0) is 14.7. The molecule has 0 saturated heterocycles. The van der Waals surface area contributed by atoms with Gasteiger partial charge in [0.15, 0.2) is 0 Å². The van der Waals surface area contributed by atoms with E-state index in [0.717, 1.165) is 11.1 Å². The molecule has 1 N–H and O–H groups in total. The highest BCUT2D eigenvalue weighted by Gasteiger charge is 2.10. The first kappa shape index (κ1) is 13.9. The first-order chi connectivity index (χ1) is 9.56. The molecule has 0 aliphatic heterocycles. The molecule has 4 nitrogen and oxygen atoms in total. The molecular weight excluding hydrogens is 252 g/mol. The van der Waals surface area contributed by atoms with E-state index < -0.39 is 0 Å². The summed E-state index contributed by atoms with van der Waals surface area (Å²) in [7, 11) is 1.59. The Labute approximate surface area is 117 Å². The number of methoxy groups -OCH3 is 1. The average molecular weight is 268 g/mol. The molecule has 0 spiro atoms. The van der Waals surface area contributed by atoms with Gasteiger partial charge >= 0.3 is 0 Å². The number of H-pyrrole nitrogens is 1. The average Bonchev–Trinajstić information content (AvgIpc) is 2.46. The number of nitriles is 1. The number of pyridine rings is 1. The second-order valence-corrected chi connectivity index (χ2v) is 4.84. The summed E-state index contributed by atoms with van der Waals surface area (Å²) < 4.78 is 5.34. The Morgan fingerprint density at radius 1 is 1.25 bits per heavy atom. The molecule has 20 heavy (non-hydrogen) atoms. The van der Waals surface area contributed by atoms with E-state index in [4.69, 9.17) is 10.00 Å². The van der Waals surface area contributed by atoms with Crippen LogP contribution in [0.1, 0.15) is 30.9 Å². The maximum Gasteiger partial charge on any atom is 0.266 e. The second kappa shape index (κ2) is 5.62. The van der Waals surface area contributed by atoms with E-state index in [-0.39, 0.29) is 11.1 Å². The van der Waals surface area contributed by atoms with Crippen molar-refractivity contribution in [3.05, 3.63) is 51.8 Å². The Morgan fingerprint density at radius 2 is 2.00 bits per heavy atom. The smallest absolute Gasteiger partial charge is 0.266 e. The van der Waals surface area contributed by atoms with Gasteiger partial charge in [-0.1, -0.05) is 19.9 Å². The fraction of sp³-hybridized carbons (Fsp3) is 0.250. The molecule has 1 aromatic heterocycles. The topological polar surface area (TPSA) is 65.9 Å². The van der Waals surface area contributed by atoms with E-state index >= 15 is 0 Å². The van der Waals surface area contributed by atoms with Crippen LogP contribution >= 0.6 is 0 Å². The summed E-state index contributed by atoms with van der Waals surface area (Å²) in [5.41, 5.74) is 2.34. The van der Waals surface area contributed by atoms with Gasteiger partial charge in [-0.05, 0) is 35.7 Å². The summed E-state index contributed by atoms with van der Waals surface area (Å²) in [6.45, 7) is 4.21. The maximum absolute atomic E-state index is 11.7. The summed E-state index contributed by atoms with van der Waals surface area (Å²) in [4.78, 5) is 14.5. The van der Waals surface area contributed by atoms with Crippen molar-refractivity contribution in [2.75, 3.05) is 7.11 Å². The molecule has 1 heterocycles. The largest absolute Gasteiger partial charge is 0.496 e. The van der Waals surface area contributed by atoms with Crippen LogP contribution < -0.4 is 10.3 Å². The number of nitrogens with zero attached hydrogens (tertiary/aromatic N) is 1. The molecule has 0 saturated carbocycles. The molecule has 102 valence electrons. The first-order valence-electron chi connectivity index (χ1n) is 6.38. The minimum atomic E-state index is -0.387. The molecule has 0 unspecified atom stereocenters. The van der Waals surface area contributed by atoms with Crippen molar-refractivity contribution >= 4 is 0 Å². The van der Waals surface area contributed by atoms with E-state index in [9.17, 15) is 4.79 Å². The van der Waals surface area contributed by atoms with Crippen LogP contribution in [0.3, 0.4) is 0 Å². The SMILES string of the molecule is COc1ccc(C(C)C)cc1-c1ccc(C#N)c(=O)[nH]1. The van der Waals surface area contributed by atoms with Gasteiger partial charge < -0.3 is 9.72 Å². The lowest BCUT2D eigenvalue weighted by Gasteiger charge is -2.12. The molecule has 0 aliphatic carbocycles. The Kier molecular flexibility index (Phi) is 3.90. The summed E-state index contributed by atoms with van der Waals surface area (Å²) in [6.07, 6.45) is 0. The maximum atomic E-state index is 11.7. The monoisotopic (exact) mass is 268 g/mol. The third kappa shape index (κ3) is 2.57. The predicted molar refractivity (Wildman–Crippen MR) is 77.9 cm³/mol. The highest BCUT2D eigenvalue weighted by Crippen LogP contribution is 2.31. The van der Waals surface area contributed by atoms with Gasteiger partial charge in [0, 0.05) is 5.56 Å². The normalized spacial score (nSPS) is 10.3. The van der Waals surface area contributed by atoms with Crippen LogP contribution in [0, 0.1) is 11.3 Å². The number of rotatable bonds is 3. The Bertz CT molecular complexity index is 724. The van der Waals surface area contributed by atoms with Crippen LogP contribution in [-0.4, -0.2) is 12.1 Å². The van der Waals surface area contributed by atoms with Crippen molar-refractivity contribution < 1.29 is 4.74 Å². The quantitative estimate of drug-likeness (QED) is 0.930. The van der Waals surface area contributed by atoms with Gasteiger partial charge in [0.2, 0.25) is 0 Å². The molecule has 0 atom stereocenters. The zero-order valence-electron chi connectivity index (χ0n) is 11.7. The Morgan fingerprint density at radius 3 is 2.55 bits per heavy atom. The van der Waals surface area contributed by atoms with Gasteiger partial charge in [-0.25, -0.2) is 0 Å². The van der Waals surface area contributed by atoms with E-state index in [1.807, 2.05) is 24.3 Å². The summed E-state index contributed by atoms with van der Waals surface area (Å²) in [5.74, 6) is 1.07. The van der Waals surface area contributed by atoms with Crippen molar-refractivity contribution in [3.63, 3.8) is 0 Å². The molecule has 1 aromatic carbocycles. The zero-order valence-corrected chi connectivity index (χ0v) is 11.7. The number of aromatic amines is 1. The van der Waals surface area contributed by atoms with Gasteiger partial charge in [-0.15, -0.1) is 0 Å². The van der Waals surface area contributed by atoms with Crippen LogP contribution in [-0.2, 0) is 0 Å². The van der Waals surface area contributed by atoms with Crippen LogP contribution in [0.5, 0.6) is 5.75 Å². The minimum absolute atomic E-state index is 0.104. The molecule has 4 heteroatoms.